The third-order valence-corrected chi connectivity index (χ3v) is 19.5. The average molecular weight is 1740 g/mol. The maximum atomic E-state index is 12.1. The first kappa shape index (κ1) is 81.9. The minimum absolute atomic E-state index is 0.0261. The monoisotopic (exact) mass is 1730 g/mol. The van der Waals surface area contributed by atoms with E-state index in [0.717, 1.165) is 52.1 Å². The number of phenolic OH excluding ortho intramolecular Hbond substituents is 2. The van der Waals surface area contributed by atoms with Crippen LogP contribution in [-0.2, 0) is 33.4 Å². The molecule has 0 saturated heterocycles. The topological polar surface area (TPSA) is 201 Å². The number of benzene rings is 4. The second kappa shape index (κ2) is 39.0. The first-order chi connectivity index (χ1) is 43.7. The predicted octanol–water partition coefficient (Wildman–Crippen LogP) is 18.7. The van der Waals surface area contributed by atoms with Crippen LogP contribution >= 0.6 is 90.4 Å². The molecule has 0 heterocycles. The van der Waals surface area contributed by atoms with Crippen LogP contribution in [0.1, 0.15) is 144 Å². The van der Waals surface area contributed by atoms with Gasteiger partial charge in [0.2, 0.25) is 0 Å². The van der Waals surface area contributed by atoms with Gasteiger partial charge in [-0.15, -0.1) is 0 Å². The van der Waals surface area contributed by atoms with Gasteiger partial charge in [0.05, 0.1) is 42.7 Å². The molecule has 0 aromatic heterocycles. The summed E-state index contributed by atoms with van der Waals surface area (Å²) in [5, 5.41) is 19.0. The van der Waals surface area contributed by atoms with E-state index < -0.39 is 5.97 Å². The largest absolute Gasteiger partial charge is 0.504 e. The molecule has 9 rings (SSSR count). The number of rotatable bonds is 20. The SMILES string of the molecule is C=C(C)C(=O)OC1(C(C)C)C2CC3CC(C2)CC1C3.C=C(C)C(=O)OC1(C(C)C)CCCC1.C=C(C)C(=O)Oc1cc(I)c(O)c(OC)c1.C=Cc1cc(I)c(O)c(OC)c1.C=Cc1cc(I)c(OC(C)=O)c(OC)c1.C=Cc1cc(I)c(OC(C)OCC)c(OC)c1. The number of phenols is 2. The number of aromatic hydroxyl groups is 2. The van der Waals surface area contributed by atoms with Crippen molar-refractivity contribution in [3.8, 4) is 51.7 Å². The standard InChI is InChI=1S/C17H26O2.C13H17IO3.C12H20O2.C11H11IO4.C11H11IO3.C9H9IO2/c1-10(2)16(18)19-17(11(3)4)14-6-12-5-13(8-14)9-15(17)7-12;1-5-10-7-11(14)13(12(8-10)15-4)17-9(3)16-6-2;1-9(2)11(13)14-12(10(3)4)7-5-6-8-12;1-6(2)11(14)16-7-4-8(12)10(13)9(5-7)15-3;1-4-8-5-9(12)11(15-7(2)13)10(6-8)14-3;1-3-6-4-7(10)9(11)8(5-6)12-2/h11-15H,1,5-9H2,2-4H3;5,7-9H,1,6H2,2-4H3;10H,1,5-8H2,2-4H3;4-5,13H,1H2,2-3H3;4-6H,1H2,2-3H3;3-5,11H,1H2,2H3. The molecule has 16 nitrogen and oxygen atoms in total. The molecule has 0 amide bonds. The van der Waals surface area contributed by atoms with Gasteiger partial charge in [-0.05, 0) is 277 Å². The van der Waals surface area contributed by atoms with Crippen molar-refractivity contribution in [2.45, 2.75) is 145 Å². The Labute approximate surface area is 606 Å². The molecule has 1 unspecified atom stereocenters. The lowest BCUT2D eigenvalue weighted by Crippen LogP contribution is -2.62. The summed E-state index contributed by atoms with van der Waals surface area (Å²) >= 11 is 8.26. The Morgan fingerprint density at radius 3 is 1.33 bits per heavy atom. The second-order valence-corrected chi connectivity index (χ2v) is 28.3. The van der Waals surface area contributed by atoms with Gasteiger partial charge in [0.15, 0.2) is 52.3 Å². The normalized spacial score (nSPS) is 18.5. The summed E-state index contributed by atoms with van der Waals surface area (Å²) in [5.74, 6) is 6.15. The van der Waals surface area contributed by atoms with Crippen molar-refractivity contribution in [3.63, 3.8) is 0 Å². The maximum absolute atomic E-state index is 12.1. The van der Waals surface area contributed by atoms with Crippen molar-refractivity contribution in [1.82, 2.24) is 0 Å². The van der Waals surface area contributed by atoms with Crippen LogP contribution < -0.4 is 33.2 Å². The fourth-order valence-corrected chi connectivity index (χ4v) is 14.5. The minimum Gasteiger partial charge on any atom is -0.504 e. The zero-order chi connectivity index (χ0) is 70.2. The summed E-state index contributed by atoms with van der Waals surface area (Å²) < 4.78 is 56.3. The molecule has 4 bridgehead atoms. The number of hydrogen-bond donors (Lipinski definition) is 2. The molecular formula is C73H94I4O16. The molecule has 5 aliphatic rings. The van der Waals surface area contributed by atoms with E-state index in [1.54, 1.807) is 64.3 Å². The molecule has 510 valence electrons. The first-order valence-corrected chi connectivity index (χ1v) is 34.9. The summed E-state index contributed by atoms with van der Waals surface area (Å²) in [7, 11) is 6.11. The van der Waals surface area contributed by atoms with Crippen LogP contribution in [-0.4, -0.2) is 86.6 Å². The van der Waals surface area contributed by atoms with E-state index in [4.69, 9.17) is 47.4 Å². The maximum Gasteiger partial charge on any atom is 0.338 e. The van der Waals surface area contributed by atoms with Gasteiger partial charge in [0, 0.05) is 36.3 Å². The van der Waals surface area contributed by atoms with Crippen molar-refractivity contribution < 1.29 is 76.8 Å². The number of esters is 4. The van der Waals surface area contributed by atoms with Gasteiger partial charge in [0.25, 0.3) is 0 Å². The van der Waals surface area contributed by atoms with E-state index in [2.05, 4.69) is 112 Å². The molecule has 20 heteroatoms. The van der Waals surface area contributed by atoms with Gasteiger partial charge in [-0.3, -0.25) is 4.79 Å². The van der Waals surface area contributed by atoms with Gasteiger partial charge in [-0.1, -0.05) is 85.4 Å². The lowest BCUT2D eigenvalue weighted by Gasteiger charge is -2.61. The summed E-state index contributed by atoms with van der Waals surface area (Å²) in [6.07, 6.45) is 15.8. The highest BCUT2D eigenvalue weighted by molar-refractivity contribution is 14.1. The molecule has 0 aliphatic heterocycles. The van der Waals surface area contributed by atoms with Gasteiger partial charge < -0.3 is 57.6 Å². The molecule has 5 saturated carbocycles. The highest BCUT2D eigenvalue weighted by atomic mass is 127. The molecule has 4 aromatic rings. The van der Waals surface area contributed by atoms with Crippen LogP contribution in [0.3, 0.4) is 0 Å². The molecule has 4 aromatic carbocycles. The molecule has 2 N–H and O–H groups in total. The van der Waals surface area contributed by atoms with Gasteiger partial charge >= 0.3 is 23.9 Å². The zero-order valence-corrected chi connectivity index (χ0v) is 65.0. The van der Waals surface area contributed by atoms with E-state index in [9.17, 15) is 29.4 Å². The molecular weight excluding hydrogens is 1640 g/mol. The number of carbonyl (C=O) groups excluding carboxylic acids is 4. The first-order valence-electron chi connectivity index (χ1n) is 30.6. The van der Waals surface area contributed by atoms with Crippen LogP contribution in [0.25, 0.3) is 18.2 Å². The fourth-order valence-electron chi connectivity index (χ4n) is 11.8. The Kier molecular flexibility index (Phi) is 34.4. The van der Waals surface area contributed by atoms with Crippen molar-refractivity contribution >= 4 is 132 Å². The van der Waals surface area contributed by atoms with Crippen molar-refractivity contribution in [2.24, 2.45) is 35.5 Å². The smallest absolute Gasteiger partial charge is 0.338 e. The van der Waals surface area contributed by atoms with Crippen molar-refractivity contribution in [3.05, 3.63) is 136 Å². The van der Waals surface area contributed by atoms with Crippen LogP contribution in [0, 0.1) is 49.8 Å². The fraction of sp³-hybridized carbons (Fsp3) is 0.452. The van der Waals surface area contributed by atoms with E-state index in [0.29, 0.717) is 85.1 Å². The molecule has 5 fully saturated rings. The van der Waals surface area contributed by atoms with Crippen molar-refractivity contribution in [2.75, 3.05) is 35.0 Å². The van der Waals surface area contributed by atoms with Crippen LogP contribution in [0.2, 0.25) is 0 Å². The number of halogens is 4. The third-order valence-electron chi connectivity index (χ3n) is 16.3. The molecule has 0 radical (unpaired) electrons. The van der Waals surface area contributed by atoms with Crippen LogP contribution in [0.15, 0.2) is 105 Å². The molecule has 0 spiro atoms. The molecule has 93 heavy (non-hydrogen) atoms. The minimum atomic E-state index is -0.511. The summed E-state index contributed by atoms with van der Waals surface area (Å²) in [5.41, 5.74) is 3.79. The van der Waals surface area contributed by atoms with Gasteiger partial charge in [-0.2, -0.15) is 0 Å². The quantitative estimate of drug-likeness (QED) is 0.0278. The van der Waals surface area contributed by atoms with Crippen LogP contribution in [0.5, 0.6) is 51.7 Å². The summed E-state index contributed by atoms with van der Waals surface area (Å²) in [4.78, 5) is 45.8. The number of methoxy groups -OCH3 is 4. The highest BCUT2D eigenvalue weighted by Gasteiger charge is 2.61. The van der Waals surface area contributed by atoms with E-state index in [-0.39, 0.29) is 52.6 Å². The van der Waals surface area contributed by atoms with E-state index in [1.165, 1.54) is 79.3 Å². The van der Waals surface area contributed by atoms with E-state index >= 15 is 0 Å². The summed E-state index contributed by atoms with van der Waals surface area (Å²) in [6, 6.07) is 14.1. The number of hydrogen-bond acceptors (Lipinski definition) is 16. The Morgan fingerprint density at radius 2 is 0.935 bits per heavy atom. The summed E-state index contributed by atoms with van der Waals surface area (Å²) in [6.45, 7) is 41.4. The Bertz CT molecular complexity index is 3260. The van der Waals surface area contributed by atoms with Crippen LogP contribution in [0.4, 0.5) is 0 Å². The lowest BCUT2D eigenvalue weighted by atomic mass is 9.47. The number of ether oxygens (including phenoxy) is 10. The Morgan fingerprint density at radius 1 is 0.538 bits per heavy atom. The molecule has 1 atom stereocenters. The Hall–Kier alpha value is -5.32. The zero-order valence-electron chi connectivity index (χ0n) is 56.3. The second-order valence-electron chi connectivity index (χ2n) is 23.7. The van der Waals surface area contributed by atoms with Gasteiger partial charge in [0.1, 0.15) is 17.0 Å². The predicted molar refractivity (Wildman–Crippen MR) is 402 cm³/mol. The van der Waals surface area contributed by atoms with E-state index in [1.807, 2.05) is 83.3 Å². The molecule has 5 aliphatic carbocycles. The Balaban J connectivity index is 0.000000293. The van der Waals surface area contributed by atoms with Crippen molar-refractivity contribution in [1.29, 1.82) is 0 Å². The van der Waals surface area contributed by atoms with Gasteiger partial charge in [-0.25, -0.2) is 14.4 Å². The average Bonchev–Trinajstić information content (AvgIpc) is 1.15. The number of carbonyl (C=O) groups is 4. The highest BCUT2D eigenvalue weighted by Crippen LogP contribution is 2.62. The third kappa shape index (κ3) is 23.5. The lowest BCUT2D eigenvalue weighted by molar-refractivity contribution is -0.221.